The maximum Gasteiger partial charge on any atom is 0.154 e. The van der Waals surface area contributed by atoms with Gasteiger partial charge in [0.05, 0.1) is 16.8 Å². The molecule has 6 rings (SSSR count). The van der Waals surface area contributed by atoms with Crippen molar-refractivity contribution in [2.75, 3.05) is 11.5 Å². The molecule has 140 valence electrons. The van der Waals surface area contributed by atoms with Gasteiger partial charge in [0, 0.05) is 5.56 Å². The lowest BCUT2D eigenvalue weighted by molar-refractivity contribution is 0.624. The van der Waals surface area contributed by atoms with E-state index in [1.54, 1.807) is 12.1 Å². The van der Waals surface area contributed by atoms with Gasteiger partial charge in [0.1, 0.15) is 5.82 Å². The lowest BCUT2D eigenvalue weighted by Gasteiger charge is -2.31. The quantitative estimate of drug-likeness (QED) is 0.370. The first-order valence-electron chi connectivity index (χ1n) is 9.43. The van der Waals surface area contributed by atoms with Crippen LogP contribution in [0.15, 0.2) is 72.8 Å². The minimum absolute atomic E-state index is 0.0895. The molecule has 29 heavy (non-hydrogen) atoms. The number of anilines is 2. The third-order valence-electron chi connectivity index (χ3n) is 6.34. The molecule has 0 fully saturated rings. The van der Waals surface area contributed by atoms with Crippen molar-refractivity contribution in [3.8, 4) is 22.3 Å². The Bertz CT molecular complexity index is 1360. The van der Waals surface area contributed by atoms with Gasteiger partial charge in [-0.25, -0.2) is 8.78 Å². The monoisotopic (exact) mass is 382 g/mol. The summed E-state index contributed by atoms with van der Waals surface area (Å²) in [7, 11) is 0. The van der Waals surface area contributed by atoms with Crippen LogP contribution in [0.4, 0.5) is 20.2 Å². The molecule has 0 bridgehead atoms. The van der Waals surface area contributed by atoms with Crippen LogP contribution >= 0.6 is 0 Å². The zero-order chi connectivity index (χ0) is 19.9. The maximum atomic E-state index is 15.3. The Hall–Kier alpha value is -3.66. The molecule has 4 heteroatoms. The van der Waals surface area contributed by atoms with E-state index in [4.69, 9.17) is 11.5 Å². The molecular weight excluding hydrogens is 366 g/mol. The first-order valence-corrected chi connectivity index (χ1v) is 9.43. The molecular formula is C25H16F2N2. The van der Waals surface area contributed by atoms with Crippen LogP contribution in [0.25, 0.3) is 22.3 Å². The number of benzene rings is 4. The number of fused-ring (bicyclic) bond motifs is 6. The molecule has 4 aromatic carbocycles. The molecule has 2 nitrogen and oxygen atoms in total. The zero-order valence-corrected chi connectivity index (χ0v) is 15.3. The Morgan fingerprint density at radius 2 is 1.38 bits per heavy atom. The Kier molecular flexibility index (Phi) is 2.94. The summed E-state index contributed by atoms with van der Waals surface area (Å²) in [6.45, 7) is 0. The summed E-state index contributed by atoms with van der Waals surface area (Å²) in [5, 5.41) is 0. The third kappa shape index (κ3) is 1.75. The predicted molar refractivity (Wildman–Crippen MR) is 111 cm³/mol. The predicted octanol–water partition coefficient (Wildman–Crippen LogP) is 5.47. The summed E-state index contributed by atoms with van der Waals surface area (Å²) in [5.41, 5.74) is 18.0. The summed E-state index contributed by atoms with van der Waals surface area (Å²) in [5.74, 6) is -0.914. The second-order valence-corrected chi connectivity index (χ2v) is 7.65. The van der Waals surface area contributed by atoms with E-state index >= 15 is 4.39 Å². The molecule has 0 amide bonds. The lowest BCUT2D eigenvalue weighted by Crippen LogP contribution is -2.26. The van der Waals surface area contributed by atoms with E-state index in [-0.39, 0.29) is 11.4 Å². The van der Waals surface area contributed by atoms with Crippen LogP contribution in [0, 0.1) is 11.6 Å². The summed E-state index contributed by atoms with van der Waals surface area (Å²) in [4.78, 5) is 0. The second-order valence-electron chi connectivity index (χ2n) is 7.65. The second kappa shape index (κ2) is 5.23. The summed E-state index contributed by atoms with van der Waals surface area (Å²) in [6, 6.07) is 22.3. The van der Waals surface area contributed by atoms with Crippen molar-refractivity contribution in [3.05, 3.63) is 107 Å². The van der Waals surface area contributed by atoms with Gasteiger partial charge >= 0.3 is 0 Å². The van der Waals surface area contributed by atoms with Gasteiger partial charge in [0.25, 0.3) is 0 Å². The van der Waals surface area contributed by atoms with Crippen molar-refractivity contribution in [1.29, 1.82) is 0 Å². The van der Waals surface area contributed by atoms with Crippen LogP contribution in [-0.4, -0.2) is 0 Å². The van der Waals surface area contributed by atoms with Crippen molar-refractivity contribution in [2.24, 2.45) is 0 Å². The number of nitrogen functional groups attached to an aromatic ring is 2. The van der Waals surface area contributed by atoms with Gasteiger partial charge in [-0.3, -0.25) is 0 Å². The smallest absolute Gasteiger partial charge is 0.154 e. The molecule has 4 N–H and O–H groups in total. The Morgan fingerprint density at radius 1 is 0.655 bits per heavy atom. The van der Waals surface area contributed by atoms with Gasteiger partial charge in [0.15, 0.2) is 5.82 Å². The van der Waals surface area contributed by atoms with Crippen LogP contribution in [0.1, 0.15) is 22.3 Å². The Morgan fingerprint density at radius 3 is 2.21 bits per heavy atom. The van der Waals surface area contributed by atoms with Gasteiger partial charge in [0.2, 0.25) is 0 Å². The van der Waals surface area contributed by atoms with Crippen LogP contribution in [0.5, 0.6) is 0 Å². The van der Waals surface area contributed by atoms with E-state index in [1.807, 2.05) is 48.5 Å². The molecule has 2 aliphatic rings. The standard InChI is InChI=1S/C25H16F2N2/c26-19-12-13(8-10-20(19)28)25-17-7-2-1-4-14(17)15-5-3-6-16(23(15)25)22-18(25)9-11-21(29)24(22)27/h1-12H,28-29H2. The van der Waals surface area contributed by atoms with Gasteiger partial charge < -0.3 is 11.5 Å². The SMILES string of the molecule is Nc1ccc(C23c4ccccc4-c4cccc(c42)-c2c3ccc(N)c2F)cc1F. The van der Waals surface area contributed by atoms with E-state index in [0.29, 0.717) is 5.56 Å². The van der Waals surface area contributed by atoms with Gasteiger partial charge in [-0.05, 0) is 57.1 Å². The molecule has 0 heterocycles. The molecule has 0 radical (unpaired) electrons. The minimum Gasteiger partial charge on any atom is -0.396 e. The summed E-state index contributed by atoms with van der Waals surface area (Å²) >= 11 is 0. The summed E-state index contributed by atoms with van der Waals surface area (Å²) in [6.07, 6.45) is 0. The first-order chi connectivity index (χ1) is 14.0. The topological polar surface area (TPSA) is 52.0 Å². The van der Waals surface area contributed by atoms with Crippen LogP contribution < -0.4 is 11.5 Å². The largest absolute Gasteiger partial charge is 0.396 e. The van der Waals surface area contributed by atoms with Gasteiger partial charge in [-0.1, -0.05) is 54.6 Å². The summed E-state index contributed by atoms with van der Waals surface area (Å²) < 4.78 is 29.9. The first kappa shape index (κ1) is 16.3. The van der Waals surface area contributed by atoms with E-state index in [1.165, 1.54) is 6.07 Å². The van der Waals surface area contributed by atoms with E-state index < -0.39 is 17.0 Å². The van der Waals surface area contributed by atoms with Crippen LogP contribution in [-0.2, 0) is 5.41 Å². The van der Waals surface area contributed by atoms with Crippen molar-refractivity contribution >= 4 is 11.4 Å². The van der Waals surface area contributed by atoms with Crippen molar-refractivity contribution in [1.82, 2.24) is 0 Å². The molecule has 4 aromatic rings. The van der Waals surface area contributed by atoms with Crippen molar-refractivity contribution in [2.45, 2.75) is 5.41 Å². The lowest BCUT2D eigenvalue weighted by atomic mass is 9.70. The Balaban J connectivity index is 1.87. The third-order valence-corrected chi connectivity index (χ3v) is 6.34. The molecule has 1 atom stereocenters. The molecule has 0 saturated heterocycles. The van der Waals surface area contributed by atoms with Crippen LogP contribution in [0.3, 0.4) is 0 Å². The van der Waals surface area contributed by atoms with E-state index in [0.717, 1.165) is 38.9 Å². The molecule has 2 aliphatic carbocycles. The van der Waals surface area contributed by atoms with E-state index in [2.05, 4.69) is 6.07 Å². The fourth-order valence-electron chi connectivity index (χ4n) is 5.23. The number of hydrogen-bond acceptors (Lipinski definition) is 2. The van der Waals surface area contributed by atoms with Gasteiger partial charge in [-0.15, -0.1) is 0 Å². The Labute approximate surface area is 166 Å². The fourth-order valence-corrected chi connectivity index (χ4v) is 5.23. The molecule has 0 saturated carbocycles. The zero-order valence-electron chi connectivity index (χ0n) is 15.3. The van der Waals surface area contributed by atoms with Crippen molar-refractivity contribution in [3.63, 3.8) is 0 Å². The highest BCUT2D eigenvalue weighted by Gasteiger charge is 2.53. The van der Waals surface area contributed by atoms with Crippen LogP contribution in [0.2, 0.25) is 0 Å². The molecule has 0 spiro atoms. The van der Waals surface area contributed by atoms with Crippen molar-refractivity contribution < 1.29 is 8.78 Å². The molecule has 0 aromatic heterocycles. The fraction of sp³-hybridized carbons (Fsp3) is 0.0400. The number of nitrogens with two attached hydrogens (primary N) is 2. The average molecular weight is 382 g/mol. The normalized spacial score (nSPS) is 17.7. The molecule has 0 aliphatic heterocycles. The number of rotatable bonds is 1. The highest BCUT2D eigenvalue weighted by atomic mass is 19.1. The average Bonchev–Trinajstić information content (AvgIpc) is 3.21. The number of hydrogen-bond donors (Lipinski definition) is 2. The highest BCUT2D eigenvalue weighted by molar-refractivity contribution is 5.99. The number of halogens is 2. The maximum absolute atomic E-state index is 15.3. The minimum atomic E-state index is -0.805. The highest BCUT2D eigenvalue weighted by Crippen LogP contribution is 2.64. The van der Waals surface area contributed by atoms with Gasteiger partial charge in [-0.2, -0.15) is 0 Å². The van der Waals surface area contributed by atoms with E-state index in [9.17, 15) is 4.39 Å². The molecule has 1 unspecified atom stereocenters.